The van der Waals surface area contributed by atoms with Gasteiger partial charge in [0.25, 0.3) is 0 Å². The Balaban J connectivity index is 0.00000162. The molecule has 1 aromatic heterocycles. The van der Waals surface area contributed by atoms with Gasteiger partial charge in [-0.15, -0.1) is 0 Å². The Morgan fingerprint density at radius 1 is 1.17 bits per heavy atom. The summed E-state index contributed by atoms with van der Waals surface area (Å²) in [6, 6.07) is 6.03. The molecule has 0 amide bonds. The Bertz CT molecular complexity index is 319. The summed E-state index contributed by atoms with van der Waals surface area (Å²) in [6.07, 6.45) is 5.84. The van der Waals surface area contributed by atoms with E-state index < -0.39 is 8.07 Å². The van der Waals surface area contributed by atoms with Crippen LogP contribution < -0.4 is 21.8 Å². The fourth-order valence-corrected chi connectivity index (χ4v) is 6.77. The molecular formula is C14H26ClNSSi. The van der Waals surface area contributed by atoms with Gasteiger partial charge in [-0.1, -0.05) is 25.2 Å². The average molecular weight is 304 g/mol. The lowest BCUT2D eigenvalue weighted by molar-refractivity contribution is -0.897. The van der Waals surface area contributed by atoms with E-state index in [0.717, 1.165) is 0 Å². The second-order valence-electron chi connectivity index (χ2n) is 6.03. The number of hydrogen-bond donors (Lipinski definition) is 1. The molecule has 4 heteroatoms. The summed E-state index contributed by atoms with van der Waals surface area (Å²) in [5, 5.41) is 2.24. The summed E-state index contributed by atoms with van der Waals surface area (Å²) in [5.74, 6) is 0. The number of hydrogen-bond acceptors (Lipinski definition) is 1. The van der Waals surface area contributed by atoms with E-state index in [9.17, 15) is 0 Å². The molecule has 1 fully saturated rings. The monoisotopic (exact) mass is 303 g/mol. The van der Waals surface area contributed by atoms with Crippen LogP contribution in [0.15, 0.2) is 17.5 Å². The summed E-state index contributed by atoms with van der Waals surface area (Å²) < 4.78 is 1.69. The van der Waals surface area contributed by atoms with Crippen LogP contribution in [0, 0.1) is 0 Å². The largest absolute Gasteiger partial charge is 1.00 e. The van der Waals surface area contributed by atoms with Crippen molar-refractivity contribution in [3.8, 4) is 0 Å². The number of quaternary nitrogens is 1. The molecule has 0 spiro atoms. The van der Waals surface area contributed by atoms with E-state index in [-0.39, 0.29) is 12.4 Å². The Morgan fingerprint density at radius 3 is 2.39 bits per heavy atom. The second-order valence-corrected chi connectivity index (χ2v) is 12.1. The molecule has 1 saturated heterocycles. The Labute approximate surface area is 123 Å². The van der Waals surface area contributed by atoms with E-state index >= 15 is 0 Å². The summed E-state index contributed by atoms with van der Waals surface area (Å²) in [5.41, 5.74) is 0. The smallest absolute Gasteiger partial charge is 0.0989 e. The first-order valence-electron chi connectivity index (χ1n) is 7.06. The summed E-state index contributed by atoms with van der Waals surface area (Å²) >= 11 is 1.97. The van der Waals surface area contributed by atoms with Crippen molar-refractivity contribution < 1.29 is 17.3 Å². The lowest BCUT2D eigenvalue weighted by Crippen LogP contribution is -3.12. The van der Waals surface area contributed by atoms with Gasteiger partial charge in [-0.05, 0) is 41.6 Å². The Hall–Kier alpha value is 0.167. The third kappa shape index (κ3) is 4.69. The average Bonchev–Trinajstić information content (AvgIpc) is 2.72. The fourth-order valence-electron chi connectivity index (χ4n) is 2.75. The molecule has 0 atom stereocenters. The van der Waals surface area contributed by atoms with Crippen LogP contribution in [0.2, 0.25) is 19.1 Å². The van der Waals surface area contributed by atoms with Crippen LogP contribution in [0.1, 0.15) is 25.7 Å². The SMILES string of the molecule is C[Si](C)(CC[NH+]1CCCCCC1)c1cccs1.[Cl-]. The molecule has 2 heterocycles. The molecule has 0 aromatic carbocycles. The molecule has 18 heavy (non-hydrogen) atoms. The maximum atomic E-state index is 2.54. The lowest BCUT2D eigenvalue weighted by Gasteiger charge is -2.24. The highest BCUT2D eigenvalue weighted by molar-refractivity contribution is 7.25. The molecule has 0 unspecified atom stereocenters. The number of thiophene rings is 1. The van der Waals surface area contributed by atoms with Crippen molar-refractivity contribution in [1.82, 2.24) is 0 Å². The van der Waals surface area contributed by atoms with E-state index in [1.54, 1.807) is 4.50 Å². The maximum absolute atomic E-state index is 2.54. The van der Waals surface area contributed by atoms with E-state index in [1.807, 2.05) is 16.2 Å². The van der Waals surface area contributed by atoms with Crippen molar-refractivity contribution >= 4 is 23.9 Å². The van der Waals surface area contributed by atoms with Gasteiger partial charge in [0, 0.05) is 0 Å². The highest BCUT2D eigenvalue weighted by atomic mass is 35.5. The number of nitrogens with one attached hydrogen (secondary N) is 1. The van der Waals surface area contributed by atoms with Crippen molar-refractivity contribution in [2.24, 2.45) is 0 Å². The van der Waals surface area contributed by atoms with E-state index in [1.165, 1.54) is 51.4 Å². The van der Waals surface area contributed by atoms with Gasteiger partial charge in [0.2, 0.25) is 0 Å². The third-order valence-electron chi connectivity index (χ3n) is 4.10. The van der Waals surface area contributed by atoms with Crippen LogP contribution in [0.25, 0.3) is 0 Å². The molecule has 1 nitrogen and oxygen atoms in total. The molecule has 0 saturated carbocycles. The maximum Gasteiger partial charge on any atom is 0.0989 e. The predicted octanol–water partition coefficient (Wildman–Crippen LogP) is -0.874. The van der Waals surface area contributed by atoms with Gasteiger partial charge < -0.3 is 17.3 Å². The summed E-state index contributed by atoms with van der Waals surface area (Å²) in [6.45, 7) is 9.34. The summed E-state index contributed by atoms with van der Waals surface area (Å²) in [7, 11) is -1.13. The highest BCUT2D eigenvalue weighted by Crippen LogP contribution is 2.12. The standard InChI is InChI=1S/C14H25NSSi.ClH/c1-17(2,14-8-7-12-16-14)13-11-15-9-5-3-4-6-10-15;/h7-8,12H,3-6,9-11,13H2,1-2H3;1H. The third-order valence-corrected chi connectivity index (χ3v) is 9.80. The quantitative estimate of drug-likeness (QED) is 0.690. The van der Waals surface area contributed by atoms with Gasteiger partial charge in [-0.2, -0.15) is 11.3 Å². The highest BCUT2D eigenvalue weighted by Gasteiger charge is 2.26. The van der Waals surface area contributed by atoms with Crippen molar-refractivity contribution in [2.45, 2.75) is 44.8 Å². The Morgan fingerprint density at radius 2 is 1.83 bits per heavy atom. The van der Waals surface area contributed by atoms with Gasteiger partial charge in [0.05, 0.1) is 27.7 Å². The zero-order valence-corrected chi connectivity index (χ0v) is 14.2. The van der Waals surface area contributed by atoms with Crippen molar-refractivity contribution in [1.29, 1.82) is 0 Å². The first-order valence-corrected chi connectivity index (χ1v) is 11.1. The molecular weight excluding hydrogens is 278 g/mol. The molecule has 104 valence electrons. The summed E-state index contributed by atoms with van der Waals surface area (Å²) in [4.78, 5) is 1.87. The molecule has 1 aliphatic heterocycles. The van der Waals surface area contributed by atoms with Gasteiger partial charge in [0.15, 0.2) is 0 Å². The minimum atomic E-state index is -1.13. The first-order chi connectivity index (χ1) is 8.18. The van der Waals surface area contributed by atoms with E-state index in [0.29, 0.717) is 0 Å². The van der Waals surface area contributed by atoms with E-state index in [2.05, 4.69) is 30.6 Å². The van der Waals surface area contributed by atoms with Crippen LogP contribution in [0.3, 0.4) is 0 Å². The molecule has 2 rings (SSSR count). The number of halogens is 1. The van der Waals surface area contributed by atoms with Gasteiger partial charge in [-0.25, -0.2) is 0 Å². The second kappa shape index (κ2) is 7.68. The van der Waals surface area contributed by atoms with Crippen LogP contribution in [0.4, 0.5) is 0 Å². The van der Waals surface area contributed by atoms with Gasteiger partial charge in [-0.3, -0.25) is 0 Å². The predicted molar refractivity (Wildman–Crippen MR) is 80.3 cm³/mol. The van der Waals surface area contributed by atoms with E-state index in [4.69, 9.17) is 0 Å². The van der Waals surface area contributed by atoms with Crippen molar-refractivity contribution in [3.05, 3.63) is 17.5 Å². The Kier molecular flexibility index (Phi) is 6.92. The molecule has 0 radical (unpaired) electrons. The minimum Gasteiger partial charge on any atom is -1.00 e. The van der Waals surface area contributed by atoms with Crippen LogP contribution in [-0.4, -0.2) is 27.7 Å². The number of likely N-dealkylation sites (tertiary alicyclic amines) is 1. The number of rotatable bonds is 4. The minimum absolute atomic E-state index is 0. The molecule has 1 aromatic rings. The topological polar surface area (TPSA) is 4.44 Å². The lowest BCUT2D eigenvalue weighted by atomic mass is 10.2. The fraction of sp³-hybridized carbons (Fsp3) is 0.714. The first kappa shape index (κ1) is 16.2. The van der Waals surface area contributed by atoms with Crippen molar-refractivity contribution in [2.75, 3.05) is 19.6 Å². The van der Waals surface area contributed by atoms with Gasteiger partial charge in [0.1, 0.15) is 0 Å². The zero-order chi connectivity index (χ0) is 12.1. The molecule has 0 bridgehead atoms. The van der Waals surface area contributed by atoms with Crippen LogP contribution >= 0.6 is 11.3 Å². The molecule has 1 aliphatic rings. The van der Waals surface area contributed by atoms with Crippen LogP contribution in [-0.2, 0) is 0 Å². The normalized spacial score (nSPS) is 18.1. The van der Waals surface area contributed by atoms with Crippen LogP contribution in [0.5, 0.6) is 0 Å². The van der Waals surface area contributed by atoms with Gasteiger partial charge >= 0.3 is 0 Å². The molecule has 1 N–H and O–H groups in total. The zero-order valence-electron chi connectivity index (χ0n) is 11.7. The van der Waals surface area contributed by atoms with Crippen molar-refractivity contribution in [3.63, 3.8) is 0 Å². The molecule has 0 aliphatic carbocycles.